The van der Waals surface area contributed by atoms with Crippen molar-refractivity contribution < 1.29 is 9.53 Å². The van der Waals surface area contributed by atoms with Crippen molar-refractivity contribution in [2.75, 3.05) is 12.1 Å². The summed E-state index contributed by atoms with van der Waals surface area (Å²) in [6, 6.07) is 7.23. The fraction of sp³-hybridized carbons (Fsp3) is 0.417. The van der Waals surface area contributed by atoms with Crippen molar-refractivity contribution in [2.45, 2.75) is 19.8 Å². The van der Waals surface area contributed by atoms with Crippen molar-refractivity contribution in [3.05, 3.63) is 29.8 Å². The van der Waals surface area contributed by atoms with Gasteiger partial charge < -0.3 is 10.1 Å². The summed E-state index contributed by atoms with van der Waals surface area (Å²) in [7, 11) is 0. The van der Waals surface area contributed by atoms with Crippen LogP contribution in [0.1, 0.15) is 30.1 Å². The van der Waals surface area contributed by atoms with E-state index < -0.39 is 0 Å². The molecule has 0 atom stereocenters. The third-order valence-corrected chi connectivity index (χ3v) is 2.39. The highest BCUT2D eigenvalue weighted by molar-refractivity contribution is 9.09. The molecule has 0 saturated carbocycles. The lowest BCUT2D eigenvalue weighted by Gasteiger charge is -2.09. The molecular formula is C12H16BrNO2. The number of carbonyl (C=O) groups is 1. The van der Waals surface area contributed by atoms with Crippen LogP contribution in [0.3, 0.4) is 0 Å². The van der Waals surface area contributed by atoms with Crippen molar-refractivity contribution in [1.82, 2.24) is 5.32 Å². The number of alkyl halides is 1. The van der Waals surface area contributed by atoms with Crippen LogP contribution < -0.4 is 10.1 Å². The van der Waals surface area contributed by atoms with Crippen LogP contribution in [0.5, 0.6) is 5.75 Å². The molecule has 1 rings (SSSR count). The fourth-order valence-electron chi connectivity index (χ4n) is 1.31. The molecule has 0 heterocycles. The second-order valence-electron chi connectivity index (χ2n) is 3.36. The molecule has 0 bridgehead atoms. The Morgan fingerprint density at radius 1 is 1.44 bits per heavy atom. The molecule has 0 unspecified atom stereocenters. The van der Waals surface area contributed by atoms with Gasteiger partial charge in [-0.05, 0) is 34.5 Å². The van der Waals surface area contributed by atoms with Gasteiger partial charge in [0.1, 0.15) is 11.3 Å². The maximum Gasteiger partial charge on any atom is 0.255 e. The van der Waals surface area contributed by atoms with Crippen LogP contribution >= 0.6 is 15.9 Å². The summed E-state index contributed by atoms with van der Waals surface area (Å²) in [4.78, 5) is 11.8. The largest absolute Gasteiger partial charge is 0.482 e. The van der Waals surface area contributed by atoms with Gasteiger partial charge >= 0.3 is 0 Å². The number of ether oxygens (including phenoxy) is 1. The molecule has 0 aromatic heterocycles. The van der Waals surface area contributed by atoms with Gasteiger partial charge in [0, 0.05) is 6.54 Å². The smallest absolute Gasteiger partial charge is 0.255 e. The van der Waals surface area contributed by atoms with Crippen LogP contribution in [-0.2, 0) is 0 Å². The summed E-state index contributed by atoms with van der Waals surface area (Å²) in [6.07, 6.45) is 2.06. The van der Waals surface area contributed by atoms with Crippen LogP contribution in [0.25, 0.3) is 0 Å². The Morgan fingerprint density at radius 2 is 2.19 bits per heavy atom. The minimum Gasteiger partial charge on any atom is -0.482 e. The number of rotatable bonds is 6. The molecule has 0 aliphatic heterocycles. The van der Waals surface area contributed by atoms with Crippen LogP contribution in [-0.4, -0.2) is 18.0 Å². The number of para-hydroxylation sites is 1. The number of nitrogens with one attached hydrogen (secondary N) is 1. The lowest BCUT2D eigenvalue weighted by molar-refractivity contribution is 0.0950. The first-order chi connectivity index (χ1) is 7.79. The standard InChI is InChI=1S/C12H16BrNO2/c1-2-3-8-14-12(15)10-6-4-5-7-11(10)16-9-13/h4-7H,2-3,8-9H2,1H3,(H,14,15). The molecule has 0 saturated heterocycles. The lowest BCUT2D eigenvalue weighted by Crippen LogP contribution is -2.24. The molecule has 4 heteroatoms. The molecule has 16 heavy (non-hydrogen) atoms. The Balaban J connectivity index is 2.66. The zero-order chi connectivity index (χ0) is 11.8. The molecule has 1 amide bonds. The first-order valence-electron chi connectivity index (χ1n) is 5.35. The molecule has 0 aliphatic rings. The quantitative estimate of drug-likeness (QED) is 0.645. The monoisotopic (exact) mass is 285 g/mol. The normalized spacial score (nSPS) is 9.88. The van der Waals surface area contributed by atoms with Crippen LogP contribution in [0.2, 0.25) is 0 Å². The molecule has 1 N–H and O–H groups in total. The second-order valence-corrected chi connectivity index (χ2v) is 3.82. The first-order valence-corrected chi connectivity index (χ1v) is 6.47. The Morgan fingerprint density at radius 3 is 2.88 bits per heavy atom. The first kappa shape index (κ1) is 13.0. The Bertz CT molecular complexity index is 342. The number of benzene rings is 1. The molecule has 1 aromatic rings. The number of amides is 1. The molecular weight excluding hydrogens is 270 g/mol. The minimum atomic E-state index is -0.0787. The summed E-state index contributed by atoms with van der Waals surface area (Å²) < 4.78 is 5.32. The average molecular weight is 286 g/mol. The van der Waals surface area contributed by atoms with E-state index in [-0.39, 0.29) is 5.91 Å². The van der Waals surface area contributed by atoms with E-state index in [2.05, 4.69) is 28.2 Å². The highest BCUT2D eigenvalue weighted by atomic mass is 79.9. The van der Waals surface area contributed by atoms with Gasteiger partial charge in [0.25, 0.3) is 5.91 Å². The summed E-state index contributed by atoms with van der Waals surface area (Å²) >= 11 is 3.18. The number of carbonyl (C=O) groups excluding carboxylic acids is 1. The maximum absolute atomic E-state index is 11.8. The number of hydrogen-bond donors (Lipinski definition) is 1. The van der Waals surface area contributed by atoms with Crippen molar-refractivity contribution in [3.8, 4) is 5.75 Å². The van der Waals surface area contributed by atoms with Crippen molar-refractivity contribution in [1.29, 1.82) is 0 Å². The van der Waals surface area contributed by atoms with Gasteiger partial charge in [0.05, 0.1) is 5.56 Å². The van der Waals surface area contributed by atoms with E-state index in [1.54, 1.807) is 12.1 Å². The predicted octanol–water partition coefficient (Wildman–Crippen LogP) is 2.95. The summed E-state index contributed by atoms with van der Waals surface area (Å²) in [5, 5.41) is 2.86. The second kappa shape index (κ2) is 7.28. The molecule has 0 radical (unpaired) electrons. The van der Waals surface area contributed by atoms with Crippen LogP contribution in [0, 0.1) is 0 Å². The van der Waals surface area contributed by atoms with E-state index in [1.807, 2.05) is 12.1 Å². The van der Waals surface area contributed by atoms with E-state index >= 15 is 0 Å². The molecule has 0 aliphatic carbocycles. The Labute approximate surface area is 104 Å². The van der Waals surface area contributed by atoms with Crippen LogP contribution in [0.15, 0.2) is 24.3 Å². The Kier molecular flexibility index (Phi) is 5.93. The maximum atomic E-state index is 11.8. The van der Waals surface area contributed by atoms with E-state index in [0.29, 0.717) is 23.4 Å². The van der Waals surface area contributed by atoms with Crippen molar-refractivity contribution in [3.63, 3.8) is 0 Å². The third-order valence-electron chi connectivity index (χ3n) is 2.16. The van der Waals surface area contributed by atoms with Gasteiger partial charge in [-0.15, -0.1) is 0 Å². The van der Waals surface area contributed by atoms with Crippen molar-refractivity contribution in [2.24, 2.45) is 0 Å². The third kappa shape index (κ3) is 3.85. The highest BCUT2D eigenvalue weighted by Crippen LogP contribution is 2.18. The zero-order valence-electron chi connectivity index (χ0n) is 9.33. The number of halogens is 1. The number of hydrogen-bond acceptors (Lipinski definition) is 2. The summed E-state index contributed by atoms with van der Waals surface area (Å²) in [5.41, 5.74) is 0.963. The molecule has 0 spiro atoms. The fourth-order valence-corrected chi connectivity index (χ4v) is 1.56. The summed E-state index contributed by atoms with van der Waals surface area (Å²) in [6.45, 7) is 2.80. The van der Waals surface area contributed by atoms with E-state index in [9.17, 15) is 4.79 Å². The Hall–Kier alpha value is -1.03. The zero-order valence-corrected chi connectivity index (χ0v) is 10.9. The molecule has 88 valence electrons. The van der Waals surface area contributed by atoms with E-state index in [1.165, 1.54) is 0 Å². The van der Waals surface area contributed by atoms with Gasteiger partial charge in [-0.2, -0.15) is 0 Å². The predicted molar refractivity (Wildman–Crippen MR) is 68.1 cm³/mol. The SMILES string of the molecule is CCCCNC(=O)c1ccccc1OCBr. The molecule has 1 aromatic carbocycles. The van der Waals surface area contributed by atoms with Crippen LogP contribution in [0.4, 0.5) is 0 Å². The van der Waals surface area contributed by atoms with Gasteiger partial charge in [-0.3, -0.25) is 4.79 Å². The number of unbranched alkanes of at least 4 members (excludes halogenated alkanes) is 1. The van der Waals surface area contributed by atoms with Gasteiger partial charge in [-0.25, -0.2) is 0 Å². The highest BCUT2D eigenvalue weighted by Gasteiger charge is 2.10. The van der Waals surface area contributed by atoms with E-state index in [0.717, 1.165) is 12.8 Å². The lowest BCUT2D eigenvalue weighted by atomic mass is 10.2. The average Bonchev–Trinajstić information content (AvgIpc) is 2.30. The van der Waals surface area contributed by atoms with Gasteiger partial charge in [0.2, 0.25) is 0 Å². The van der Waals surface area contributed by atoms with Crippen molar-refractivity contribution >= 4 is 21.8 Å². The minimum absolute atomic E-state index is 0.0787. The van der Waals surface area contributed by atoms with Gasteiger partial charge in [-0.1, -0.05) is 25.5 Å². The topological polar surface area (TPSA) is 38.3 Å². The molecule has 0 fully saturated rings. The summed E-state index contributed by atoms with van der Waals surface area (Å²) in [5.74, 6) is 0.526. The van der Waals surface area contributed by atoms with E-state index in [4.69, 9.17) is 4.74 Å². The van der Waals surface area contributed by atoms with Gasteiger partial charge in [0.15, 0.2) is 0 Å². The molecule has 3 nitrogen and oxygen atoms in total.